The Morgan fingerprint density at radius 1 is 0.439 bits per heavy atom. The fraction of sp³-hybridized carbons (Fsp3) is 0.822. The van der Waals surface area contributed by atoms with Gasteiger partial charge in [-0.15, -0.1) is 0 Å². The molecule has 0 bridgehead atoms. The normalized spacial score (nSPS) is 14.1. The van der Waals surface area contributed by atoms with Crippen molar-refractivity contribution in [2.75, 3.05) is 40.9 Å². The summed E-state index contributed by atoms with van der Waals surface area (Å²) in [6, 6.07) is -0.801. The summed E-state index contributed by atoms with van der Waals surface area (Å²) in [6.07, 6.45) is 88.4. The van der Waals surface area contributed by atoms with Crippen molar-refractivity contribution >= 4 is 13.7 Å². The fourth-order valence-corrected chi connectivity index (χ4v) is 11.2. The maximum absolute atomic E-state index is 13.0. The van der Waals surface area contributed by atoms with Crippen LogP contribution in [0.3, 0.4) is 0 Å². The molecule has 0 heterocycles. The van der Waals surface area contributed by atoms with Crippen LogP contribution in [0.5, 0.6) is 0 Å². The van der Waals surface area contributed by atoms with Crippen LogP contribution in [-0.2, 0) is 18.4 Å². The molecule has 0 aliphatic carbocycles. The monoisotopic (exact) mass is 1170 g/mol. The first kappa shape index (κ1) is 79.9. The molecular weight excluding hydrogens is 1030 g/mol. The molecule has 0 spiro atoms. The van der Waals surface area contributed by atoms with Crippen molar-refractivity contribution in [3.63, 3.8) is 0 Å². The van der Waals surface area contributed by atoms with Crippen molar-refractivity contribution in [1.29, 1.82) is 0 Å². The van der Waals surface area contributed by atoms with Gasteiger partial charge in [-0.25, -0.2) is 0 Å². The lowest BCUT2D eigenvalue weighted by Gasteiger charge is -2.30. The topological polar surface area (TPSA) is 108 Å². The van der Waals surface area contributed by atoms with Crippen molar-refractivity contribution in [1.82, 2.24) is 5.32 Å². The second-order valence-electron chi connectivity index (χ2n) is 25.2. The number of aliphatic hydroxyl groups excluding tert-OH is 1. The van der Waals surface area contributed by atoms with Crippen molar-refractivity contribution in [3.05, 3.63) is 72.9 Å². The lowest BCUT2D eigenvalue weighted by atomic mass is 10.0. The molecule has 3 unspecified atom stereocenters. The van der Waals surface area contributed by atoms with Gasteiger partial charge in [0.2, 0.25) is 5.91 Å². The number of carbonyl (C=O) groups excluding carboxylic acids is 1. The molecule has 9 heteroatoms. The van der Waals surface area contributed by atoms with E-state index < -0.39 is 20.0 Å². The molecule has 0 aromatic heterocycles. The van der Waals surface area contributed by atoms with Gasteiger partial charge in [0.25, 0.3) is 7.82 Å². The maximum Gasteiger partial charge on any atom is 0.268 e. The van der Waals surface area contributed by atoms with Gasteiger partial charge in [0.1, 0.15) is 13.2 Å². The first-order chi connectivity index (χ1) is 40.0. The zero-order valence-electron chi connectivity index (χ0n) is 54.9. The van der Waals surface area contributed by atoms with E-state index in [0.29, 0.717) is 23.9 Å². The summed E-state index contributed by atoms with van der Waals surface area (Å²) >= 11 is 0. The van der Waals surface area contributed by atoms with E-state index in [1.165, 1.54) is 231 Å². The number of phosphoric ester groups is 1. The number of aliphatic hydroxyl groups is 1. The van der Waals surface area contributed by atoms with Crippen LogP contribution in [0.15, 0.2) is 72.9 Å². The van der Waals surface area contributed by atoms with E-state index in [1.807, 2.05) is 21.1 Å². The number of hydrogen-bond acceptors (Lipinski definition) is 6. The molecule has 0 aromatic carbocycles. The Kier molecular flexibility index (Phi) is 61.8. The summed E-state index contributed by atoms with van der Waals surface area (Å²) < 4.78 is 23.5. The number of allylic oxidation sites excluding steroid dienone is 12. The predicted octanol–water partition coefficient (Wildman–Crippen LogP) is 21.9. The lowest BCUT2D eigenvalue weighted by Crippen LogP contribution is -2.46. The zero-order valence-corrected chi connectivity index (χ0v) is 55.8. The quantitative estimate of drug-likeness (QED) is 0.0272. The number of unbranched alkanes of at least 4 members (excludes halogenated alkanes) is 40. The second-order valence-corrected chi connectivity index (χ2v) is 26.6. The molecule has 0 aliphatic heterocycles. The van der Waals surface area contributed by atoms with Crippen LogP contribution in [0.4, 0.5) is 0 Å². The Morgan fingerprint density at radius 2 is 0.744 bits per heavy atom. The molecule has 3 atom stereocenters. The van der Waals surface area contributed by atoms with E-state index in [-0.39, 0.29) is 19.1 Å². The number of carbonyl (C=O) groups is 1. The molecule has 2 N–H and O–H groups in total. The number of nitrogens with one attached hydrogen (secondary N) is 1. The maximum atomic E-state index is 13.0. The van der Waals surface area contributed by atoms with Crippen LogP contribution in [0, 0.1) is 0 Å². The number of likely N-dealkylation sites (N-methyl/N-ethyl adjacent to an activating group) is 1. The molecular formula is C73H137N2O6P. The minimum Gasteiger partial charge on any atom is -0.756 e. The van der Waals surface area contributed by atoms with Crippen molar-refractivity contribution in [2.24, 2.45) is 0 Å². The number of amides is 1. The van der Waals surface area contributed by atoms with Gasteiger partial charge < -0.3 is 28.8 Å². The SMILES string of the molecule is CC/C=C\C/C=C\C/C=C\C/C=C\C/C=C\C/C=C\CCCCCCCCCCCCCCCCCCCCCCCCC(=O)NC(COP(=O)([O-])OCC[N+](C)(C)C)C(O)CCCCCCCCCCCCCCCCCCCCC. The van der Waals surface area contributed by atoms with Gasteiger partial charge in [-0.2, -0.15) is 0 Å². The molecule has 0 aliphatic rings. The molecule has 0 saturated heterocycles. The molecule has 0 fully saturated rings. The molecule has 480 valence electrons. The highest BCUT2D eigenvalue weighted by Crippen LogP contribution is 2.38. The van der Waals surface area contributed by atoms with Crippen molar-refractivity contribution in [3.8, 4) is 0 Å². The minimum absolute atomic E-state index is 0.0131. The number of phosphoric acid groups is 1. The van der Waals surface area contributed by atoms with E-state index in [2.05, 4.69) is 92.1 Å². The van der Waals surface area contributed by atoms with Gasteiger partial charge in [-0.3, -0.25) is 9.36 Å². The van der Waals surface area contributed by atoms with Crippen LogP contribution in [-0.4, -0.2) is 68.5 Å². The summed E-state index contributed by atoms with van der Waals surface area (Å²) in [5, 5.41) is 14.1. The van der Waals surface area contributed by atoms with Gasteiger partial charge >= 0.3 is 0 Å². The Hall–Kier alpha value is -2.06. The zero-order chi connectivity index (χ0) is 59.8. The van der Waals surface area contributed by atoms with E-state index >= 15 is 0 Å². The lowest BCUT2D eigenvalue weighted by molar-refractivity contribution is -0.870. The van der Waals surface area contributed by atoms with Gasteiger partial charge in [0.05, 0.1) is 39.9 Å². The largest absolute Gasteiger partial charge is 0.756 e. The third-order valence-corrected chi connectivity index (χ3v) is 16.9. The van der Waals surface area contributed by atoms with E-state index in [9.17, 15) is 19.4 Å². The summed E-state index contributed by atoms with van der Waals surface area (Å²) in [5.74, 6) is -0.159. The first-order valence-electron chi connectivity index (χ1n) is 35.3. The highest BCUT2D eigenvalue weighted by atomic mass is 31.2. The van der Waals surface area contributed by atoms with Gasteiger partial charge in [0.15, 0.2) is 0 Å². The number of nitrogens with zero attached hydrogens (tertiary/aromatic N) is 1. The third kappa shape index (κ3) is 65.5. The molecule has 1 amide bonds. The van der Waals surface area contributed by atoms with Crippen LogP contribution in [0.2, 0.25) is 0 Å². The van der Waals surface area contributed by atoms with Crippen LogP contribution in [0.1, 0.15) is 335 Å². The number of rotatable bonds is 65. The predicted molar refractivity (Wildman–Crippen MR) is 357 cm³/mol. The molecule has 0 radical (unpaired) electrons. The van der Waals surface area contributed by atoms with E-state index in [4.69, 9.17) is 9.05 Å². The second kappa shape index (κ2) is 63.4. The smallest absolute Gasteiger partial charge is 0.268 e. The third-order valence-electron chi connectivity index (χ3n) is 16.0. The Bertz CT molecular complexity index is 1570. The van der Waals surface area contributed by atoms with Gasteiger partial charge in [-0.1, -0.05) is 337 Å². The molecule has 82 heavy (non-hydrogen) atoms. The van der Waals surface area contributed by atoms with Crippen LogP contribution >= 0.6 is 7.82 Å². The van der Waals surface area contributed by atoms with Gasteiger partial charge in [0, 0.05) is 6.42 Å². The summed E-state index contributed by atoms with van der Waals surface area (Å²) in [5.41, 5.74) is 0. The Balaban J connectivity index is 3.91. The average molecular weight is 1170 g/mol. The minimum atomic E-state index is -4.58. The molecule has 0 rings (SSSR count). The highest BCUT2D eigenvalue weighted by Gasteiger charge is 2.24. The van der Waals surface area contributed by atoms with Crippen molar-refractivity contribution < 1.29 is 32.9 Å². The van der Waals surface area contributed by atoms with E-state index in [0.717, 1.165) is 77.0 Å². The molecule has 0 saturated carbocycles. The fourth-order valence-electron chi connectivity index (χ4n) is 10.5. The summed E-state index contributed by atoms with van der Waals surface area (Å²) in [6.45, 7) is 4.65. The van der Waals surface area contributed by atoms with E-state index in [1.54, 1.807) is 0 Å². The van der Waals surface area contributed by atoms with Crippen LogP contribution in [0.25, 0.3) is 0 Å². The van der Waals surface area contributed by atoms with Gasteiger partial charge in [-0.05, 0) is 64.2 Å². The highest BCUT2D eigenvalue weighted by molar-refractivity contribution is 7.45. The average Bonchev–Trinajstić information content (AvgIpc) is 3.47. The van der Waals surface area contributed by atoms with Crippen LogP contribution < -0.4 is 10.2 Å². The molecule has 8 nitrogen and oxygen atoms in total. The first-order valence-corrected chi connectivity index (χ1v) is 36.7. The summed E-state index contributed by atoms with van der Waals surface area (Å²) in [7, 11) is 1.32. The molecule has 0 aromatic rings. The summed E-state index contributed by atoms with van der Waals surface area (Å²) in [4.78, 5) is 25.6. The Morgan fingerprint density at radius 3 is 1.09 bits per heavy atom. The Labute approximate surface area is 510 Å². The standard InChI is InChI=1S/C73H137N2O6P/c1-6-8-10-12-14-16-18-20-22-24-26-27-28-29-30-31-32-33-34-35-36-37-38-39-40-41-42-43-44-45-46-47-49-51-53-55-57-59-61-63-65-67-73(77)74-71(70-81-82(78,79)80-69-68-75(3,4)5)72(76)66-64-62-60-58-56-54-52-50-48-25-23-21-19-17-15-13-11-9-7-2/h8,10,14,16,20,22,26-27,29-30,32-33,71-72,76H,6-7,9,11-13,15,17-19,21,23-25,28,31,34-70H2,1-5H3,(H-,74,77,78,79)/b10-8-,16-14-,22-20-,27-26-,30-29-,33-32-. The number of hydrogen-bond donors (Lipinski definition) is 2. The van der Waals surface area contributed by atoms with Crippen molar-refractivity contribution in [2.45, 2.75) is 347 Å². The number of quaternary nitrogens is 1.